The molecule has 0 heterocycles. The lowest BCUT2D eigenvalue weighted by atomic mass is 9.88. The van der Waals surface area contributed by atoms with E-state index in [4.69, 9.17) is 4.74 Å². The van der Waals surface area contributed by atoms with Crippen molar-refractivity contribution in [3.8, 4) is 5.75 Å². The summed E-state index contributed by atoms with van der Waals surface area (Å²) in [6.07, 6.45) is 5.48. The molecule has 0 aliphatic heterocycles. The highest BCUT2D eigenvalue weighted by atomic mass is 16.5. The normalized spacial score (nSPS) is 23.0. The van der Waals surface area contributed by atoms with E-state index in [9.17, 15) is 0 Å². The van der Waals surface area contributed by atoms with Crippen molar-refractivity contribution in [2.45, 2.75) is 59.1 Å². The van der Waals surface area contributed by atoms with E-state index in [1.54, 1.807) is 0 Å². The molecule has 1 N–H and O–H groups in total. The van der Waals surface area contributed by atoms with Gasteiger partial charge in [-0.2, -0.15) is 0 Å². The monoisotopic (exact) mass is 275 g/mol. The molecule has 0 spiro atoms. The first kappa shape index (κ1) is 15.4. The standard InChI is InChI=1S/C18H29NO/c1-14(2)12-19-13-16-8-4-5-10-18(16)20-17-9-6-7-15(3)11-17/h4-5,8,10,14-15,17,19H,6-7,9,11-13H2,1-3H3. The Morgan fingerprint density at radius 2 is 2.05 bits per heavy atom. The summed E-state index contributed by atoms with van der Waals surface area (Å²) in [5.74, 6) is 2.56. The van der Waals surface area contributed by atoms with Gasteiger partial charge in [0.05, 0.1) is 6.10 Å². The van der Waals surface area contributed by atoms with Gasteiger partial charge in [0.15, 0.2) is 0 Å². The van der Waals surface area contributed by atoms with Crippen LogP contribution in [0.15, 0.2) is 24.3 Å². The Labute approximate surface area is 123 Å². The molecule has 0 radical (unpaired) electrons. The lowest BCUT2D eigenvalue weighted by Crippen LogP contribution is -2.25. The lowest BCUT2D eigenvalue weighted by molar-refractivity contribution is 0.128. The Hall–Kier alpha value is -1.02. The molecule has 0 bridgehead atoms. The second-order valence-electron chi connectivity index (χ2n) is 6.64. The molecular weight excluding hydrogens is 246 g/mol. The van der Waals surface area contributed by atoms with Crippen LogP contribution in [0, 0.1) is 11.8 Å². The molecule has 1 aliphatic carbocycles. The van der Waals surface area contributed by atoms with Gasteiger partial charge in [0.2, 0.25) is 0 Å². The number of para-hydroxylation sites is 1. The van der Waals surface area contributed by atoms with Crippen LogP contribution in [0.2, 0.25) is 0 Å². The van der Waals surface area contributed by atoms with Gasteiger partial charge in [-0.3, -0.25) is 0 Å². The molecule has 2 rings (SSSR count). The summed E-state index contributed by atoms with van der Waals surface area (Å²) in [6, 6.07) is 8.47. The van der Waals surface area contributed by atoms with Crippen molar-refractivity contribution >= 4 is 0 Å². The van der Waals surface area contributed by atoms with Gasteiger partial charge in [-0.1, -0.05) is 45.4 Å². The Morgan fingerprint density at radius 1 is 1.25 bits per heavy atom. The summed E-state index contributed by atoms with van der Waals surface area (Å²) < 4.78 is 6.27. The minimum Gasteiger partial charge on any atom is -0.490 e. The molecule has 1 saturated carbocycles. The first-order valence-corrected chi connectivity index (χ1v) is 8.10. The molecule has 0 amide bonds. The minimum atomic E-state index is 0.407. The van der Waals surface area contributed by atoms with Crippen molar-refractivity contribution in [2.75, 3.05) is 6.54 Å². The summed E-state index contributed by atoms with van der Waals surface area (Å²) >= 11 is 0. The van der Waals surface area contributed by atoms with Crippen molar-refractivity contribution in [1.29, 1.82) is 0 Å². The largest absolute Gasteiger partial charge is 0.490 e. The summed E-state index contributed by atoms with van der Waals surface area (Å²) in [6.45, 7) is 8.76. The average Bonchev–Trinajstić information content (AvgIpc) is 2.40. The number of rotatable bonds is 6. The molecule has 1 aromatic rings. The molecule has 1 aromatic carbocycles. The highest BCUT2D eigenvalue weighted by molar-refractivity contribution is 5.33. The van der Waals surface area contributed by atoms with Crippen LogP contribution in [-0.2, 0) is 6.54 Å². The average molecular weight is 275 g/mol. The molecule has 2 unspecified atom stereocenters. The Balaban J connectivity index is 1.93. The molecule has 2 atom stereocenters. The van der Waals surface area contributed by atoms with Crippen LogP contribution in [0.4, 0.5) is 0 Å². The first-order valence-electron chi connectivity index (χ1n) is 8.10. The number of hydrogen-bond donors (Lipinski definition) is 1. The zero-order chi connectivity index (χ0) is 14.4. The zero-order valence-corrected chi connectivity index (χ0v) is 13.2. The number of hydrogen-bond acceptors (Lipinski definition) is 2. The summed E-state index contributed by atoms with van der Waals surface area (Å²) in [4.78, 5) is 0. The molecule has 1 aliphatic rings. The zero-order valence-electron chi connectivity index (χ0n) is 13.2. The highest BCUT2D eigenvalue weighted by Gasteiger charge is 2.20. The van der Waals surface area contributed by atoms with E-state index in [-0.39, 0.29) is 0 Å². The Bertz CT molecular complexity index is 402. The maximum absolute atomic E-state index is 6.27. The van der Waals surface area contributed by atoms with E-state index < -0.39 is 0 Å². The van der Waals surface area contributed by atoms with Crippen molar-refractivity contribution in [2.24, 2.45) is 11.8 Å². The van der Waals surface area contributed by atoms with Crippen LogP contribution in [-0.4, -0.2) is 12.6 Å². The number of benzene rings is 1. The van der Waals surface area contributed by atoms with Gasteiger partial charge in [0.25, 0.3) is 0 Å². The van der Waals surface area contributed by atoms with Gasteiger partial charge in [0.1, 0.15) is 5.75 Å². The summed E-state index contributed by atoms with van der Waals surface area (Å²) in [5, 5.41) is 3.51. The Morgan fingerprint density at radius 3 is 2.80 bits per heavy atom. The fraction of sp³-hybridized carbons (Fsp3) is 0.667. The predicted molar refractivity (Wildman–Crippen MR) is 85.0 cm³/mol. The highest BCUT2D eigenvalue weighted by Crippen LogP contribution is 2.28. The van der Waals surface area contributed by atoms with E-state index in [1.165, 1.54) is 31.2 Å². The first-order chi connectivity index (χ1) is 9.65. The topological polar surface area (TPSA) is 21.3 Å². The van der Waals surface area contributed by atoms with Crippen LogP contribution in [0.25, 0.3) is 0 Å². The molecule has 0 saturated heterocycles. The molecule has 20 heavy (non-hydrogen) atoms. The molecule has 0 aromatic heterocycles. The van der Waals surface area contributed by atoms with Crippen LogP contribution >= 0.6 is 0 Å². The number of ether oxygens (including phenoxy) is 1. The van der Waals surface area contributed by atoms with Gasteiger partial charge in [-0.05, 0) is 43.7 Å². The maximum Gasteiger partial charge on any atom is 0.124 e. The van der Waals surface area contributed by atoms with E-state index in [0.717, 1.165) is 24.8 Å². The van der Waals surface area contributed by atoms with Gasteiger partial charge < -0.3 is 10.1 Å². The van der Waals surface area contributed by atoms with Crippen molar-refractivity contribution in [3.63, 3.8) is 0 Å². The molecule has 2 nitrogen and oxygen atoms in total. The maximum atomic E-state index is 6.27. The van der Waals surface area contributed by atoms with Gasteiger partial charge >= 0.3 is 0 Å². The SMILES string of the molecule is CC(C)CNCc1ccccc1OC1CCCC(C)C1. The third-order valence-corrected chi connectivity index (χ3v) is 4.02. The van der Waals surface area contributed by atoms with E-state index in [0.29, 0.717) is 12.0 Å². The van der Waals surface area contributed by atoms with Crippen LogP contribution < -0.4 is 10.1 Å². The second kappa shape index (κ2) is 7.68. The third kappa shape index (κ3) is 4.82. The van der Waals surface area contributed by atoms with E-state index in [1.807, 2.05) is 0 Å². The van der Waals surface area contributed by atoms with Crippen molar-refractivity contribution in [1.82, 2.24) is 5.32 Å². The van der Waals surface area contributed by atoms with E-state index in [2.05, 4.69) is 50.4 Å². The van der Waals surface area contributed by atoms with Crippen LogP contribution in [0.3, 0.4) is 0 Å². The van der Waals surface area contributed by atoms with Gasteiger partial charge in [0, 0.05) is 12.1 Å². The fourth-order valence-corrected chi connectivity index (χ4v) is 2.93. The van der Waals surface area contributed by atoms with Gasteiger partial charge in [-0.15, -0.1) is 0 Å². The fourth-order valence-electron chi connectivity index (χ4n) is 2.93. The molecule has 1 fully saturated rings. The third-order valence-electron chi connectivity index (χ3n) is 4.02. The Kier molecular flexibility index (Phi) is 5.90. The lowest BCUT2D eigenvalue weighted by Gasteiger charge is -2.28. The van der Waals surface area contributed by atoms with Crippen LogP contribution in [0.5, 0.6) is 5.75 Å². The summed E-state index contributed by atoms with van der Waals surface area (Å²) in [7, 11) is 0. The summed E-state index contributed by atoms with van der Waals surface area (Å²) in [5.41, 5.74) is 1.28. The number of nitrogens with one attached hydrogen (secondary N) is 1. The van der Waals surface area contributed by atoms with Gasteiger partial charge in [-0.25, -0.2) is 0 Å². The second-order valence-corrected chi connectivity index (χ2v) is 6.64. The molecular formula is C18H29NO. The predicted octanol–water partition coefficient (Wildman–Crippen LogP) is 4.39. The van der Waals surface area contributed by atoms with Crippen LogP contribution in [0.1, 0.15) is 52.0 Å². The molecule has 2 heteroatoms. The van der Waals surface area contributed by atoms with Crippen molar-refractivity contribution < 1.29 is 4.74 Å². The van der Waals surface area contributed by atoms with E-state index >= 15 is 0 Å². The smallest absolute Gasteiger partial charge is 0.124 e. The minimum absolute atomic E-state index is 0.407. The van der Waals surface area contributed by atoms with Crippen molar-refractivity contribution in [3.05, 3.63) is 29.8 Å². The molecule has 112 valence electrons. The quantitative estimate of drug-likeness (QED) is 0.831.